The molecule has 0 unspecified atom stereocenters. The van der Waals surface area contributed by atoms with Crippen LogP contribution < -0.4 is 9.64 Å². The minimum atomic E-state index is -2.31. The molecule has 0 amide bonds. The van der Waals surface area contributed by atoms with E-state index in [0.29, 0.717) is 15.1 Å². The van der Waals surface area contributed by atoms with Crippen LogP contribution in [-0.2, 0) is 37.2 Å². The number of ether oxygens (including phenoxy) is 1. The zero-order valence-corrected chi connectivity index (χ0v) is 25.8. The average molecular weight is 715 g/mol. The molecule has 6 heteroatoms. The molecular formula is C34H36N4OPt. The first-order valence-electron chi connectivity index (χ1n) is 15.1. The van der Waals surface area contributed by atoms with Crippen molar-refractivity contribution in [3.63, 3.8) is 0 Å². The van der Waals surface area contributed by atoms with Crippen molar-refractivity contribution >= 4 is 22.5 Å². The van der Waals surface area contributed by atoms with Gasteiger partial charge in [-0.1, -0.05) is 20.8 Å². The summed E-state index contributed by atoms with van der Waals surface area (Å²) in [5.41, 5.74) is 5.97. The second-order valence-electron chi connectivity index (χ2n) is 12.1. The predicted molar refractivity (Wildman–Crippen MR) is 160 cm³/mol. The first-order chi connectivity index (χ1) is 20.2. The fraction of sp³-hybridized carbons (Fsp3) is 0.294. The van der Waals surface area contributed by atoms with E-state index in [-0.39, 0.29) is 10.8 Å². The monoisotopic (exact) mass is 714 g/mol. The Labute approximate surface area is 251 Å². The fourth-order valence-corrected chi connectivity index (χ4v) is 6.31. The van der Waals surface area contributed by atoms with Crippen LogP contribution in [0.25, 0.3) is 16.7 Å². The summed E-state index contributed by atoms with van der Waals surface area (Å²) < 4.78 is 34.8. The Morgan fingerprint density at radius 1 is 0.925 bits per heavy atom. The van der Waals surface area contributed by atoms with Gasteiger partial charge in [0.1, 0.15) is 0 Å². The number of aryl methyl sites for hydroxylation is 1. The number of pyridine rings is 1. The molecule has 0 aliphatic carbocycles. The Kier molecular flexibility index (Phi) is 5.76. The molecule has 0 spiro atoms. The molecule has 208 valence electrons. The second kappa shape index (κ2) is 9.89. The van der Waals surface area contributed by atoms with Crippen LogP contribution >= 0.6 is 0 Å². The first kappa shape index (κ1) is 23.3. The normalized spacial score (nSPS) is 16.3. The van der Waals surface area contributed by atoms with Gasteiger partial charge in [0.2, 0.25) is 0 Å². The topological polar surface area (TPSA) is 35.2 Å². The molecule has 40 heavy (non-hydrogen) atoms. The van der Waals surface area contributed by atoms with Crippen molar-refractivity contribution in [2.45, 2.75) is 51.9 Å². The molecule has 0 bridgehead atoms. The molecule has 3 aromatic carbocycles. The fourth-order valence-electron chi connectivity index (χ4n) is 5.47. The van der Waals surface area contributed by atoms with Crippen molar-refractivity contribution in [2.75, 3.05) is 11.4 Å². The van der Waals surface area contributed by atoms with Gasteiger partial charge in [0.25, 0.3) is 0 Å². The Balaban J connectivity index is 1.39. The van der Waals surface area contributed by atoms with Crippen LogP contribution in [0, 0.1) is 3.80 Å². The summed E-state index contributed by atoms with van der Waals surface area (Å²) in [5.74, 6) is 2.34. The van der Waals surface area contributed by atoms with Gasteiger partial charge in [0.15, 0.2) is 0 Å². The molecular weight excluding hydrogens is 675 g/mol. The van der Waals surface area contributed by atoms with Gasteiger partial charge in [0, 0.05) is 6.20 Å². The van der Waals surface area contributed by atoms with Gasteiger partial charge in [-0.2, -0.15) is 0 Å². The van der Waals surface area contributed by atoms with Gasteiger partial charge >= 0.3 is 208 Å². The standard InChI is InChI=1S/C34H36N4O.Pt/c1-33(2,3)24-16-18-35-32(20-24)37-19-17-34(4,5)28-15-14-27(22-31(28)37)39-26-11-9-10-25(21-26)38-23-36(6)29-12-7-8-13-30(29)38;/h7-16,18,20-22H,17,19H2,1-6H3;/i6D3;. The van der Waals surface area contributed by atoms with Gasteiger partial charge in [-0.05, 0) is 17.0 Å². The number of fused-ring (bicyclic) bond motifs is 2. The van der Waals surface area contributed by atoms with E-state index in [1.165, 1.54) is 15.7 Å². The third-order valence-electron chi connectivity index (χ3n) is 7.85. The van der Waals surface area contributed by atoms with Gasteiger partial charge in [0.05, 0.1) is 0 Å². The van der Waals surface area contributed by atoms with Crippen molar-refractivity contribution < 1.29 is 28.2 Å². The van der Waals surface area contributed by atoms with Crippen LogP contribution in [-0.4, -0.2) is 20.7 Å². The maximum absolute atomic E-state index is 8.13. The van der Waals surface area contributed by atoms with Gasteiger partial charge in [-0.25, -0.2) is 0 Å². The Bertz CT molecular complexity index is 1900. The predicted octanol–water partition coefficient (Wildman–Crippen LogP) is 8.35. The molecule has 1 aliphatic rings. The number of aromatic nitrogens is 3. The van der Waals surface area contributed by atoms with E-state index in [0.717, 1.165) is 41.4 Å². The number of anilines is 2. The summed E-state index contributed by atoms with van der Waals surface area (Å²) >= 11 is 2.09. The molecule has 5 nitrogen and oxygen atoms in total. The number of hydrogen-bond acceptors (Lipinski definition) is 3. The quantitative estimate of drug-likeness (QED) is 0.188. The number of hydrogen-bond donors (Lipinski definition) is 0. The van der Waals surface area contributed by atoms with Crippen LogP contribution in [0.3, 0.4) is 0 Å². The Morgan fingerprint density at radius 2 is 1.70 bits per heavy atom. The molecule has 0 saturated heterocycles. The average Bonchev–Trinajstić information content (AvgIpc) is 3.25. The van der Waals surface area contributed by atoms with E-state index >= 15 is 0 Å². The van der Waals surface area contributed by atoms with Gasteiger partial charge in [-0.15, -0.1) is 0 Å². The van der Waals surface area contributed by atoms with E-state index < -0.39 is 6.98 Å². The van der Waals surface area contributed by atoms with Crippen molar-refractivity contribution in [2.24, 2.45) is 6.98 Å². The second-order valence-corrected chi connectivity index (χ2v) is 13.1. The summed E-state index contributed by atoms with van der Waals surface area (Å²) in [7, 11) is 0. The molecule has 1 aliphatic heterocycles. The van der Waals surface area contributed by atoms with Crippen LogP contribution in [0.1, 0.15) is 56.3 Å². The molecule has 2 aromatic heterocycles. The summed E-state index contributed by atoms with van der Waals surface area (Å²) in [4.78, 5) is 7.08. The number of imidazole rings is 1. The van der Waals surface area contributed by atoms with E-state index in [2.05, 4.69) is 83.1 Å². The van der Waals surface area contributed by atoms with E-state index in [1.807, 2.05) is 65.4 Å². The van der Waals surface area contributed by atoms with Crippen molar-refractivity contribution in [3.8, 4) is 17.2 Å². The van der Waals surface area contributed by atoms with E-state index in [9.17, 15) is 0 Å². The molecule has 3 heterocycles. The molecule has 5 aromatic rings. The first-order valence-corrected chi connectivity index (χ1v) is 14.7. The van der Waals surface area contributed by atoms with Crippen LogP contribution in [0.2, 0.25) is 0 Å². The van der Waals surface area contributed by atoms with Crippen LogP contribution in [0.15, 0.2) is 85.1 Å². The Morgan fingerprint density at radius 3 is 2.48 bits per heavy atom. The summed E-state index contributed by atoms with van der Waals surface area (Å²) in [6.07, 6.45) is 2.92. The molecule has 0 radical (unpaired) electrons. The third kappa shape index (κ3) is 4.75. The SMILES string of the molecule is [2H]C([2H])([2H])n1[c](=[Pt])n(-c2cccc(Oc3ccc4c(c3)N(c3cc(C(C)(C)C)ccn3)CCC4(C)C)c2)c2ccccc21. The molecule has 0 fully saturated rings. The number of benzene rings is 3. The Hall–Kier alpha value is -3.43. The minimum absolute atomic E-state index is 0.0241. The molecule has 6 rings (SSSR count). The zero-order chi connectivity index (χ0) is 30.7. The van der Waals surface area contributed by atoms with E-state index in [4.69, 9.17) is 13.8 Å². The van der Waals surface area contributed by atoms with Crippen molar-refractivity contribution in [1.29, 1.82) is 0 Å². The number of rotatable bonds is 4. The van der Waals surface area contributed by atoms with E-state index in [1.54, 1.807) is 0 Å². The summed E-state index contributed by atoms with van der Waals surface area (Å²) in [6, 6.07) is 26.0. The number of para-hydroxylation sites is 2. The molecule has 0 N–H and O–H groups in total. The van der Waals surface area contributed by atoms with Gasteiger partial charge in [-0.3, -0.25) is 0 Å². The van der Waals surface area contributed by atoms with Crippen LogP contribution in [0.4, 0.5) is 11.5 Å². The van der Waals surface area contributed by atoms with Crippen molar-refractivity contribution in [3.05, 3.63) is 100.0 Å². The van der Waals surface area contributed by atoms with Gasteiger partial charge < -0.3 is 0 Å². The molecule has 0 saturated carbocycles. The van der Waals surface area contributed by atoms with Crippen LogP contribution in [0.5, 0.6) is 11.5 Å². The summed E-state index contributed by atoms with van der Waals surface area (Å²) in [6.45, 7) is 9.81. The maximum atomic E-state index is 8.13. The zero-order valence-electron chi connectivity index (χ0n) is 26.5. The number of nitrogens with zero attached hydrogens (tertiary/aromatic N) is 4. The summed E-state index contributed by atoms with van der Waals surface area (Å²) in [5, 5.41) is 0. The third-order valence-corrected chi connectivity index (χ3v) is 8.87. The van der Waals surface area contributed by atoms with Crippen molar-refractivity contribution in [1.82, 2.24) is 14.1 Å². The molecule has 0 atom stereocenters.